The molecular weight excluding hydrogens is 341 g/mol. The third-order valence-electron chi connectivity index (χ3n) is 3.32. The van der Waals surface area contributed by atoms with Crippen LogP contribution in [0.15, 0.2) is 18.2 Å². The van der Waals surface area contributed by atoms with Crippen molar-refractivity contribution in [2.45, 2.75) is 46.3 Å². The number of rotatable bonds is 3. The van der Waals surface area contributed by atoms with Crippen LogP contribution in [-0.4, -0.2) is 46.8 Å². The Balaban J connectivity index is 2.08. The minimum absolute atomic E-state index is 0.00458. The van der Waals surface area contributed by atoms with Crippen molar-refractivity contribution in [1.29, 1.82) is 0 Å². The number of carbonyl (C=O) groups is 2. The summed E-state index contributed by atoms with van der Waals surface area (Å²) in [6.07, 6.45) is 1.06. The minimum Gasteiger partial charge on any atom is -0.442 e. The number of hydrogen-bond acceptors (Lipinski definition) is 5. The fourth-order valence-corrected chi connectivity index (χ4v) is 2.22. The van der Waals surface area contributed by atoms with Gasteiger partial charge in [-0.3, -0.25) is 9.63 Å². The number of pyridine rings is 1. The molecule has 1 aromatic rings. The summed E-state index contributed by atoms with van der Waals surface area (Å²) in [5, 5.41) is 3.73. The largest absolute Gasteiger partial charge is 0.442 e. The van der Waals surface area contributed by atoms with Crippen LogP contribution in [0.25, 0.3) is 5.57 Å². The Morgan fingerprint density at radius 1 is 1.35 bits per heavy atom. The second kappa shape index (κ2) is 7.82. The van der Waals surface area contributed by atoms with Gasteiger partial charge < -0.3 is 10.1 Å². The van der Waals surface area contributed by atoms with E-state index in [2.05, 4.69) is 10.3 Å². The van der Waals surface area contributed by atoms with E-state index in [0.717, 1.165) is 5.06 Å². The molecule has 0 saturated heterocycles. The van der Waals surface area contributed by atoms with Crippen molar-refractivity contribution in [2.24, 2.45) is 0 Å². The van der Waals surface area contributed by atoms with Gasteiger partial charge in [-0.05, 0) is 52.3 Å². The highest BCUT2D eigenvalue weighted by molar-refractivity contribution is 5.92. The van der Waals surface area contributed by atoms with E-state index >= 15 is 0 Å². The predicted octanol–water partition coefficient (Wildman–Crippen LogP) is 2.92. The summed E-state index contributed by atoms with van der Waals surface area (Å²) in [5.74, 6) is -1.20. The maximum Gasteiger partial charge on any atom is 0.434 e. The maximum atomic E-state index is 14.3. The summed E-state index contributed by atoms with van der Waals surface area (Å²) in [7, 11) is 0. The summed E-state index contributed by atoms with van der Waals surface area (Å²) in [4.78, 5) is 32.9. The van der Waals surface area contributed by atoms with Gasteiger partial charge in [0.05, 0.1) is 6.54 Å². The van der Waals surface area contributed by atoms with Crippen molar-refractivity contribution in [2.75, 3.05) is 13.2 Å². The Morgan fingerprint density at radius 3 is 2.54 bits per heavy atom. The molecule has 0 atom stereocenters. The van der Waals surface area contributed by atoms with Gasteiger partial charge in [-0.2, -0.15) is 9.45 Å². The smallest absolute Gasteiger partial charge is 0.434 e. The maximum absolute atomic E-state index is 14.3. The second-order valence-electron chi connectivity index (χ2n) is 7.21. The zero-order valence-corrected chi connectivity index (χ0v) is 15.6. The van der Waals surface area contributed by atoms with Gasteiger partial charge in [0.15, 0.2) is 0 Å². The van der Waals surface area contributed by atoms with E-state index in [1.807, 2.05) is 13.8 Å². The highest BCUT2D eigenvalue weighted by atomic mass is 19.1. The first-order chi connectivity index (χ1) is 12.1. The average Bonchev–Trinajstić information content (AvgIpc) is 2.52. The highest BCUT2D eigenvalue weighted by Crippen LogP contribution is 2.22. The molecule has 0 saturated carbocycles. The monoisotopic (exact) mass is 365 g/mol. The first kappa shape index (κ1) is 19.8. The standard InChI is InChI=1S/C18H24FN3O4/c1-11(2)20-16(23)14-7-6-13(15(19)21-14)12-8-9-22(25-10-12)17(24)26-18(3,4)5/h6-8,11H,9-10H2,1-5H3,(H,20,23). The molecule has 2 heterocycles. The lowest BCUT2D eigenvalue weighted by Gasteiger charge is -2.28. The van der Waals surface area contributed by atoms with Gasteiger partial charge in [-0.1, -0.05) is 6.08 Å². The van der Waals surface area contributed by atoms with E-state index in [9.17, 15) is 14.0 Å². The number of hydroxylamine groups is 2. The molecule has 1 aliphatic rings. The summed E-state index contributed by atoms with van der Waals surface area (Å²) < 4.78 is 19.5. The van der Waals surface area contributed by atoms with Crippen molar-refractivity contribution in [3.05, 3.63) is 35.4 Å². The molecule has 26 heavy (non-hydrogen) atoms. The predicted molar refractivity (Wildman–Crippen MR) is 93.7 cm³/mol. The van der Waals surface area contributed by atoms with E-state index in [1.54, 1.807) is 26.8 Å². The zero-order valence-electron chi connectivity index (χ0n) is 15.6. The van der Waals surface area contributed by atoms with Gasteiger partial charge in [0, 0.05) is 11.6 Å². The molecule has 2 rings (SSSR count). The molecule has 7 nitrogen and oxygen atoms in total. The summed E-state index contributed by atoms with van der Waals surface area (Å²) in [6, 6.07) is 2.87. The molecule has 2 amide bonds. The first-order valence-corrected chi connectivity index (χ1v) is 8.37. The molecule has 0 aliphatic carbocycles. The number of amides is 2. The Labute approximate surface area is 152 Å². The number of hydrogen-bond donors (Lipinski definition) is 1. The Morgan fingerprint density at radius 2 is 2.04 bits per heavy atom. The molecular formula is C18H24FN3O4. The first-order valence-electron chi connectivity index (χ1n) is 8.37. The van der Waals surface area contributed by atoms with Crippen LogP contribution >= 0.6 is 0 Å². The molecule has 142 valence electrons. The second-order valence-corrected chi connectivity index (χ2v) is 7.21. The van der Waals surface area contributed by atoms with Crippen molar-refractivity contribution >= 4 is 17.6 Å². The van der Waals surface area contributed by atoms with Gasteiger partial charge in [-0.15, -0.1) is 0 Å². The molecule has 8 heteroatoms. The highest BCUT2D eigenvalue weighted by Gasteiger charge is 2.26. The minimum atomic E-state index is -0.762. The molecule has 0 radical (unpaired) electrons. The van der Waals surface area contributed by atoms with Crippen LogP contribution < -0.4 is 5.32 Å². The fourth-order valence-electron chi connectivity index (χ4n) is 2.22. The van der Waals surface area contributed by atoms with Crippen LogP contribution in [0.3, 0.4) is 0 Å². The third-order valence-corrected chi connectivity index (χ3v) is 3.32. The van der Waals surface area contributed by atoms with E-state index in [0.29, 0.717) is 5.57 Å². The van der Waals surface area contributed by atoms with Crippen LogP contribution in [0.1, 0.15) is 50.7 Å². The summed E-state index contributed by atoms with van der Waals surface area (Å²) >= 11 is 0. The van der Waals surface area contributed by atoms with Crippen LogP contribution in [0, 0.1) is 5.95 Å². The Kier molecular flexibility index (Phi) is 5.97. The topological polar surface area (TPSA) is 80.8 Å². The quantitative estimate of drug-likeness (QED) is 0.833. The van der Waals surface area contributed by atoms with Gasteiger partial charge in [0.25, 0.3) is 5.91 Å². The Hall–Kier alpha value is -2.48. The molecule has 0 fully saturated rings. The number of halogens is 1. The Bertz CT molecular complexity index is 726. The number of carbonyl (C=O) groups excluding carboxylic acids is 2. The van der Waals surface area contributed by atoms with E-state index < -0.39 is 23.5 Å². The van der Waals surface area contributed by atoms with Crippen molar-refractivity contribution in [3.63, 3.8) is 0 Å². The molecule has 1 aliphatic heterocycles. The number of nitrogens with zero attached hydrogens (tertiary/aromatic N) is 2. The zero-order chi connectivity index (χ0) is 19.5. The van der Waals surface area contributed by atoms with Crippen LogP contribution in [0.5, 0.6) is 0 Å². The summed E-state index contributed by atoms with van der Waals surface area (Å²) in [5.41, 5.74) is 0.153. The third kappa shape index (κ3) is 5.26. The van der Waals surface area contributed by atoms with E-state index in [-0.39, 0.29) is 30.5 Å². The van der Waals surface area contributed by atoms with E-state index in [1.165, 1.54) is 12.1 Å². The van der Waals surface area contributed by atoms with Crippen LogP contribution in [0.2, 0.25) is 0 Å². The van der Waals surface area contributed by atoms with Crippen molar-refractivity contribution in [3.8, 4) is 0 Å². The SMILES string of the molecule is CC(C)NC(=O)c1ccc(C2=CCN(C(=O)OC(C)(C)C)OC2)c(F)n1. The van der Waals surface area contributed by atoms with Gasteiger partial charge in [0.1, 0.15) is 17.9 Å². The lowest BCUT2D eigenvalue weighted by atomic mass is 10.1. The summed E-state index contributed by atoms with van der Waals surface area (Å²) in [6.45, 7) is 9.01. The van der Waals surface area contributed by atoms with Crippen LogP contribution in [-0.2, 0) is 9.57 Å². The molecule has 0 unspecified atom stereocenters. The molecule has 0 aromatic carbocycles. The lowest BCUT2D eigenvalue weighted by molar-refractivity contribution is -0.133. The van der Waals surface area contributed by atoms with Crippen LogP contribution in [0.4, 0.5) is 9.18 Å². The number of aromatic nitrogens is 1. The molecule has 0 bridgehead atoms. The normalized spacial score (nSPS) is 14.9. The average molecular weight is 365 g/mol. The number of ether oxygens (including phenoxy) is 1. The van der Waals surface area contributed by atoms with Gasteiger partial charge >= 0.3 is 6.09 Å². The van der Waals surface area contributed by atoms with Gasteiger partial charge in [-0.25, -0.2) is 9.78 Å². The number of nitrogens with one attached hydrogen (secondary N) is 1. The fraction of sp³-hybridized carbons (Fsp3) is 0.500. The molecule has 1 N–H and O–H groups in total. The van der Waals surface area contributed by atoms with Crippen molar-refractivity contribution in [1.82, 2.24) is 15.4 Å². The lowest BCUT2D eigenvalue weighted by Crippen LogP contribution is -2.39. The van der Waals surface area contributed by atoms with Gasteiger partial charge in [0.2, 0.25) is 5.95 Å². The molecule has 1 aromatic heterocycles. The van der Waals surface area contributed by atoms with E-state index in [4.69, 9.17) is 9.57 Å². The van der Waals surface area contributed by atoms with Crippen molar-refractivity contribution < 1.29 is 23.6 Å². The molecule has 0 spiro atoms.